The third kappa shape index (κ3) is 4.93. The molecule has 36 heavy (non-hydrogen) atoms. The van der Waals surface area contributed by atoms with Gasteiger partial charge in [-0.15, -0.1) is 10.2 Å². The number of nitrogens with zero attached hydrogens (tertiary/aromatic N) is 3. The molecule has 0 spiro atoms. The zero-order chi connectivity index (χ0) is 25.1. The van der Waals surface area contributed by atoms with E-state index in [1.807, 2.05) is 66.7 Å². The molecule has 0 fully saturated rings. The minimum atomic E-state index is -0.424. The zero-order valence-electron chi connectivity index (χ0n) is 20.4. The molecule has 0 aliphatic rings. The Morgan fingerprint density at radius 1 is 0.778 bits per heavy atom. The van der Waals surface area contributed by atoms with E-state index >= 15 is 0 Å². The van der Waals surface area contributed by atoms with Gasteiger partial charge in [0.05, 0.1) is 0 Å². The molecule has 0 saturated carbocycles. The molecule has 0 bridgehead atoms. The van der Waals surface area contributed by atoms with Gasteiger partial charge < -0.3 is 4.42 Å². The van der Waals surface area contributed by atoms with Crippen LogP contribution in [0.2, 0.25) is 0 Å². The van der Waals surface area contributed by atoms with Crippen molar-refractivity contribution in [2.45, 2.75) is 27.2 Å². The van der Waals surface area contributed by atoms with Crippen LogP contribution in [-0.2, 0) is 6.42 Å². The summed E-state index contributed by atoms with van der Waals surface area (Å²) in [6, 6.07) is 27.3. The van der Waals surface area contributed by atoms with Crippen molar-refractivity contribution in [2.75, 3.05) is 5.32 Å². The van der Waals surface area contributed by atoms with E-state index < -0.39 is 5.91 Å². The van der Waals surface area contributed by atoms with Crippen LogP contribution < -0.4 is 5.32 Å². The quantitative estimate of drug-likeness (QED) is 0.301. The summed E-state index contributed by atoms with van der Waals surface area (Å²) in [6.45, 7) is 6.28. The molecule has 6 heteroatoms. The number of hydrogen-bond donors (Lipinski definition) is 1. The van der Waals surface area contributed by atoms with Crippen molar-refractivity contribution in [3.63, 3.8) is 0 Å². The van der Waals surface area contributed by atoms with E-state index in [1.54, 1.807) is 6.07 Å². The Labute approximate surface area is 210 Å². The number of rotatable bonds is 6. The fraction of sp³-hybridized carbons (Fsp3) is 0.133. The maximum Gasteiger partial charge on any atom is 0.293 e. The second kappa shape index (κ2) is 9.96. The largest absolute Gasteiger partial charge is 0.456 e. The van der Waals surface area contributed by atoms with Gasteiger partial charge in [0.15, 0.2) is 5.76 Å². The molecular weight excluding hydrogens is 448 g/mol. The lowest BCUT2D eigenvalue weighted by Gasteiger charge is -2.10. The van der Waals surface area contributed by atoms with Gasteiger partial charge in [0.2, 0.25) is 5.95 Å². The second-order valence-electron chi connectivity index (χ2n) is 8.84. The van der Waals surface area contributed by atoms with Crippen molar-refractivity contribution in [3.05, 3.63) is 119 Å². The van der Waals surface area contributed by atoms with Gasteiger partial charge in [0, 0.05) is 17.5 Å². The van der Waals surface area contributed by atoms with Gasteiger partial charge in [-0.3, -0.25) is 10.1 Å². The van der Waals surface area contributed by atoms with Crippen molar-refractivity contribution in [2.24, 2.45) is 0 Å². The average Bonchev–Trinajstić information content (AvgIpc) is 3.36. The van der Waals surface area contributed by atoms with Crippen LogP contribution in [0.3, 0.4) is 0 Å². The summed E-state index contributed by atoms with van der Waals surface area (Å²) in [5, 5.41) is 11.3. The van der Waals surface area contributed by atoms with E-state index in [0.717, 1.165) is 16.9 Å². The summed E-state index contributed by atoms with van der Waals surface area (Å²) in [4.78, 5) is 17.6. The van der Waals surface area contributed by atoms with Crippen LogP contribution in [0.5, 0.6) is 0 Å². The summed E-state index contributed by atoms with van der Waals surface area (Å²) in [5.74, 6) is 0.608. The van der Waals surface area contributed by atoms with Gasteiger partial charge >= 0.3 is 0 Å². The van der Waals surface area contributed by atoms with Gasteiger partial charge in [-0.2, -0.15) is 0 Å². The van der Waals surface area contributed by atoms with Gasteiger partial charge in [0.1, 0.15) is 17.1 Å². The van der Waals surface area contributed by atoms with E-state index in [2.05, 4.69) is 53.4 Å². The number of nitrogens with one attached hydrogen (secondary N) is 1. The number of anilines is 1. The monoisotopic (exact) mass is 474 g/mol. The van der Waals surface area contributed by atoms with Crippen LogP contribution in [-0.4, -0.2) is 21.1 Å². The smallest absolute Gasteiger partial charge is 0.293 e. The minimum absolute atomic E-state index is 0.113. The van der Waals surface area contributed by atoms with Gasteiger partial charge in [-0.25, -0.2) is 4.98 Å². The molecule has 178 valence electrons. The first-order chi connectivity index (χ1) is 17.5. The molecule has 0 aliphatic heterocycles. The Hall–Kier alpha value is -4.58. The Bertz CT molecular complexity index is 1500. The highest BCUT2D eigenvalue weighted by Crippen LogP contribution is 2.29. The molecule has 5 aromatic rings. The van der Waals surface area contributed by atoms with E-state index in [-0.39, 0.29) is 11.7 Å². The summed E-state index contributed by atoms with van der Waals surface area (Å²) in [7, 11) is 0. The van der Waals surface area contributed by atoms with Crippen molar-refractivity contribution in [1.82, 2.24) is 15.2 Å². The molecule has 0 aliphatic carbocycles. The predicted octanol–water partition coefficient (Wildman–Crippen LogP) is 6.57. The highest BCUT2D eigenvalue weighted by molar-refractivity contribution is 6.01. The molecule has 2 heterocycles. The maximum atomic E-state index is 12.9. The number of aromatic nitrogens is 3. The van der Waals surface area contributed by atoms with Gasteiger partial charge in [0.25, 0.3) is 5.91 Å². The molecule has 6 nitrogen and oxygen atoms in total. The standard InChI is InChI=1S/C30H26N4O2/c1-19-16-20(2)25(21(3)17-19)18-24-14-15-26(36-24)29(35)32-30-31-27(22-10-6-4-7-11-22)28(33-34-30)23-12-8-5-9-13-23/h4-17H,18H2,1-3H3,(H,31,32,34,35). The average molecular weight is 475 g/mol. The van der Waals surface area contributed by atoms with Crippen LogP contribution in [0.15, 0.2) is 89.3 Å². The Balaban J connectivity index is 1.40. The molecule has 1 N–H and O–H groups in total. The topological polar surface area (TPSA) is 80.9 Å². The highest BCUT2D eigenvalue weighted by atomic mass is 16.3. The van der Waals surface area contributed by atoms with Crippen LogP contribution >= 0.6 is 0 Å². The van der Waals surface area contributed by atoms with Gasteiger partial charge in [-0.05, 0) is 49.6 Å². The van der Waals surface area contributed by atoms with Crippen LogP contribution in [0.1, 0.15) is 38.6 Å². The first kappa shape index (κ1) is 23.2. The zero-order valence-corrected chi connectivity index (χ0v) is 20.4. The Morgan fingerprint density at radius 2 is 1.39 bits per heavy atom. The number of carbonyl (C=O) groups is 1. The lowest BCUT2D eigenvalue weighted by Crippen LogP contribution is -2.15. The van der Waals surface area contributed by atoms with Crippen molar-refractivity contribution < 1.29 is 9.21 Å². The lowest BCUT2D eigenvalue weighted by atomic mass is 9.97. The number of hydrogen-bond acceptors (Lipinski definition) is 5. The van der Waals surface area contributed by atoms with Crippen molar-refractivity contribution >= 4 is 11.9 Å². The SMILES string of the molecule is Cc1cc(C)c(Cc2ccc(C(=O)Nc3nnc(-c4ccccc4)c(-c4ccccc4)n3)o2)c(C)c1. The molecule has 0 radical (unpaired) electrons. The van der Waals surface area contributed by atoms with Crippen LogP contribution in [0, 0.1) is 20.8 Å². The Morgan fingerprint density at radius 3 is 2.03 bits per heavy atom. The van der Waals surface area contributed by atoms with Gasteiger partial charge in [-0.1, -0.05) is 78.4 Å². The first-order valence-electron chi connectivity index (χ1n) is 11.8. The third-order valence-electron chi connectivity index (χ3n) is 6.08. The summed E-state index contributed by atoms with van der Waals surface area (Å²) < 4.78 is 5.88. The van der Waals surface area contributed by atoms with Crippen molar-refractivity contribution in [1.29, 1.82) is 0 Å². The summed E-state index contributed by atoms with van der Waals surface area (Å²) in [5.41, 5.74) is 7.91. The number of aryl methyl sites for hydroxylation is 3. The molecule has 0 unspecified atom stereocenters. The van der Waals surface area contributed by atoms with E-state index in [4.69, 9.17) is 4.42 Å². The summed E-state index contributed by atoms with van der Waals surface area (Å²) in [6.07, 6.45) is 0.618. The minimum Gasteiger partial charge on any atom is -0.456 e. The fourth-order valence-electron chi connectivity index (χ4n) is 4.39. The van der Waals surface area contributed by atoms with Crippen LogP contribution in [0.25, 0.3) is 22.5 Å². The Kier molecular flexibility index (Phi) is 6.41. The molecule has 1 amide bonds. The molecular formula is C30H26N4O2. The first-order valence-corrected chi connectivity index (χ1v) is 11.8. The molecule has 0 saturated heterocycles. The number of amides is 1. The van der Waals surface area contributed by atoms with E-state index in [1.165, 1.54) is 22.3 Å². The highest BCUT2D eigenvalue weighted by Gasteiger charge is 2.18. The molecule has 3 aromatic carbocycles. The number of furan rings is 1. The van der Waals surface area contributed by atoms with Crippen LogP contribution in [0.4, 0.5) is 5.95 Å². The molecule has 0 atom stereocenters. The predicted molar refractivity (Wildman–Crippen MR) is 141 cm³/mol. The third-order valence-corrected chi connectivity index (χ3v) is 6.08. The summed E-state index contributed by atoms with van der Waals surface area (Å²) >= 11 is 0. The lowest BCUT2D eigenvalue weighted by molar-refractivity contribution is 0.0994. The fourth-order valence-corrected chi connectivity index (χ4v) is 4.39. The molecule has 2 aromatic heterocycles. The van der Waals surface area contributed by atoms with E-state index in [0.29, 0.717) is 17.8 Å². The molecule has 5 rings (SSSR count). The van der Waals surface area contributed by atoms with E-state index in [9.17, 15) is 4.79 Å². The number of carbonyl (C=O) groups excluding carboxylic acids is 1. The number of benzene rings is 3. The van der Waals surface area contributed by atoms with Crippen molar-refractivity contribution in [3.8, 4) is 22.5 Å². The normalized spacial score (nSPS) is 10.9. The maximum absolute atomic E-state index is 12.9. The second-order valence-corrected chi connectivity index (χ2v) is 8.84.